The van der Waals surface area contributed by atoms with Crippen molar-refractivity contribution >= 4 is 11.8 Å². The SMILES string of the molecule is NC(=O)[C@H](Cc1ccccc1C(F)(F)F)NC(=O)COCc1ccccc1. The van der Waals surface area contributed by atoms with E-state index in [0.29, 0.717) is 0 Å². The van der Waals surface area contributed by atoms with Crippen LogP contribution >= 0.6 is 0 Å². The molecule has 2 rings (SSSR count). The number of carbonyl (C=O) groups is 2. The minimum absolute atomic E-state index is 0.126. The Kier molecular flexibility index (Phi) is 6.95. The number of carbonyl (C=O) groups excluding carboxylic acids is 2. The van der Waals surface area contributed by atoms with E-state index in [4.69, 9.17) is 10.5 Å². The Labute approximate surface area is 154 Å². The van der Waals surface area contributed by atoms with E-state index in [9.17, 15) is 22.8 Å². The van der Waals surface area contributed by atoms with E-state index in [1.165, 1.54) is 18.2 Å². The third-order valence-electron chi connectivity index (χ3n) is 3.77. The number of alkyl halides is 3. The van der Waals surface area contributed by atoms with Crippen molar-refractivity contribution in [2.45, 2.75) is 25.2 Å². The molecule has 0 saturated carbocycles. The number of nitrogens with one attached hydrogen (secondary N) is 1. The number of benzene rings is 2. The Morgan fingerprint density at radius 2 is 1.67 bits per heavy atom. The number of hydrogen-bond acceptors (Lipinski definition) is 3. The number of halogens is 3. The Hall–Kier alpha value is -2.87. The van der Waals surface area contributed by atoms with Gasteiger partial charge in [0.25, 0.3) is 0 Å². The summed E-state index contributed by atoms with van der Waals surface area (Å²) in [6.07, 6.45) is -4.93. The number of hydrogen-bond donors (Lipinski definition) is 2. The lowest BCUT2D eigenvalue weighted by Crippen LogP contribution is -2.47. The maximum absolute atomic E-state index is 13.1. The van der Waals surface area contributed by atoms with Crippen LogP contribution in [0.25, 0.3) is 0 Å². The quantitative estimate of drug-likeness (QED) is 0.738. The number of nitrogens with two attached hydrogens (primary N) is 1. The Bertz CT molecular complexity index is 779. The zero-order chi connectivity index (χ0) is 19.9. The van der Waals surface area contributed by atoms with Crippen LogP contribution in [0.3, 0.4) is 0 Å². The van der Waals surface area contributed by atoms with Crippen molar-refractivity contribution < 1.29 is 27.5 Å². The van der Waals surface area contributed by atoms with E-state index >= 15 is 0 Å². The van der Waals surface area contributed by atoms with Gasteiger partial charge in [0.15, 0.2) is 0 Å². The van der Waals surface area contributed by atoms with Crippen LogP contribution in [-0.2, 0) is 33.5 Å². The molecule has 2 aromatic carbocycles. The molecular formula is C19H19F3N2O3. The summed E-state index contributed by atoms with van der Waals surface area (Å²) in [6.45, 7) is -0.161. The minimum Gasteiger partial charge on any atom is -0.368 e. The van der Waals surface area contributed by atoms with Gasteiger partial charge in [0.05, 0.1) is 12.2 Å². The van der Waals surface area contributed by atoms with Gasteiger partial charge in [0, 0.05) is 6.42 Å². The summed E-state index contributed by atoms with van der Waals surface area (Å²) in [5.74, 6) is -1.57. The van der Waals surface area contributed by atoms with E-state index < -0.39 is 29.6 Å². The van der Waals surface area contributed by atoms with Gasteiger partial charge in [-0.15, -0.1) is 0 Å². The Balaban J connectivity index is 1.96. The molecule has 0 fully saturated rings. The smallest absolute Gasteiger partial charge is 0.368 e. The zero-order valence-electron chi connectivity index (χ0n) is 14.3. The fourth-order valence-electron chi connectivity index (χ4n) is 2.49. The first-order valence-electron chi connectivity index (χ1n) is 8.13. The van der Waals surface area contributed by atoms with Crippen LogP contribution in [0.5, 0.6) is 0 Å². The molecule has 0 radical (unpaired) electrons. The topological polar surface area (TPSA) is 81.4 Å². The number of rotatable bonds is 8. The van der Waals surface area contributed by atoms with E-state index in [0.717, 1.165) is 11.6 Å². The molecular weight excluding hydrogens is 361 g/mol. The highest BCUT2D eigenvalue weighted by molar-refractivity contribution is 5.87. The molecule has 0 aliphatic heterocycles. The van der Waals surface area contributed by atoms with Gasteiger partial charge < -0.3 is 15.8 Å². The fraction of sp³-hybridized carbons (Fsp3) is 0.263. The van der Waals surface area contributed by atoms with Crippen molar-refractivity contribution in [1.82, 2.24) is 5.32 Å². The largest absolute Gasteiger partial charge is 0.416 e. The van der Waals surface area contributed by atoms with Crippen molar-refractivity contribution in [3.8, 4) is 0 Å². The maximum Gasteiger partial charge on any atom is 0.416 e. The first-order valence-corrected chi connectivity index (χ1v) is 8.13. The second kappa shape index (κ2) is 9.18. The van der Waals surface area contributed by atoms with Crippen molar-refractivity contribution in [3.63, 3.8) is 0 Å². The van der Waals surface area contributed by atoms with Crippen molar-refractivity contribution in [3.05, 3.63) is 71.3 Å². The van der Waals surface area contributed by atoms with Crippen LogP contribution in [-0.4, -0.2) is 24.5 Å². The predicted molar refractivity (Wildman–Crippen MR) is 92.4 cm³/mol. The molecule has 0 heterocycles. The van der Waals surface area contributed by atoms with Gasteiger partial charge in [-0.3, -0.25) is 9.59 Å². The highest BCUT2D eigenvalue weighted by Crippen LogP contribution is 2.32. The summed E-state index contributed by atoms with van der Waals surface area (Å²) < 4.78 is 44.4. The van der Waals surface area contributed by atoms with Crippen LogP contribution in [0.4, 0.5) is 13.2 Å². The lowest BCUT2D eigenvalue weighted by Gasteiger charge is -2.18. The Morgan fingerprint density at radius 3 is 2.30 bits per heavy atom. The molecule has 0 saturated heterocycles. The lowest BCUT2D eigenvalue weighted by atomic mass is 9.99. The fourth-order valence-corrected chi connectivity index (χ4v) is 2.49. The molecule has 0 spiro atoms. The van der Waals surface area contributed by atoms with E-state index in [-0.39, 0.29) is 25.2 Å². The lowest BCUT2D eigenvalue weighted by molar-refractivity contribution is -0.138. The first-order chi connectivity index (χ1) is 12.8. The van der Waals surface area contributed by atoms with Crippen LogP contribution in [0.1, 0.15) is 16.7 Å². The second-order valence-corrected chi connectivity index (χ2v) is 5.86. The maximum atomic E-state index is 13.1. The molecule has 2 amide bonds. The molecule has 5 nitrogen and oxygen atoms in total. The molecule has 3 N–H and O–H groups in total. The molecule has 27 heavy (non-hydrogen) atoms. The molecule has 8 heteroatoms. The average molecular weight is 380 g/mol. The summed E-state index contributed by atoms with van der Waals surface area (Å²) in [5.41, 5.74) is 5.10. The first kappa shape index (κ1) is 20.4. The highest BCUT2D eigenvalue weighted by Gasteiger charge is 2.34. The molecule has 2 aromatic rings. The van der Waals surface area contributed by atoms with Gasteiger partial charge >= 0.3 is 6.18 Å². The van der Waals surface area contributed by atoms with Gasteiger partial charge in [-0.1, -0.05) is 48.5 Å². The minimum atomic E-state index is -4.57. The van der Waals surface area contributed by atoms with Crippen LogP contribution in [0, 0.1) is 0 Å². The molecule has 0 aliphatic rings. The van der Waals surface area contributed by atoms with E-state index in [1.54, 1.807) is 0 Å². The van der Waals surface area contributed by atoms with Crippen LogP contribution < -0.4 is 11.1 Å². The van der Waals surface area contributed by atoms with Crippen molar-refractivity contribution in [2.24, 2.45) is 5.73 Å². The van der Waals surface area contributed by atoms with Crippen molar-refractivity contribution in [1.29, 1.82) is 0 Å². The van der Waals surface area contributed by atoms with Crippen molar-refractivity contribution in [2.75, 3.05) is 6.61 Å². The van der Waals surface area contributed by atoms with Crippen LogP contribution in [0.15, 0.2) is 54.6 Å². The monoisotopic (exact) mass is 380 g/mol. The van der Waals surface area contributed by atoms with Gasteiger partial charge in [0.2, 0.25) is 11.8 Å². The van der Waals surface area contributed by atoms with E-state index in [1.807, 2.05) is 30.3 Å². The summed E-state index contributed by atoms with van der Waals surface area (Å²) in [7, 11) is 0. The third kappa shape index (κ3) is 6.41. The van der Waals surface area contributed by atoms with E-state index in [2.05, 4.69) is 5.32 Å². The molecule has 0 aliphatic carbocycles. The molecule has 0 unspecified atom stereocenters. The standard InChI is InChI=1S/C19H19F3N2O3/c20-19(21,22)15-9-5-4-8-14(15)10-16(18(23)26)24-17(25)12-27-11-13-6-2-1-3-7-13/h1-9,16H,10-12H2,(H2,23,26)(H,24,25)/t16-/m0/s1. The summed E-state index contributed by atoms with van der Waals surface area (Å²) >= 11 is 0. The zero-order valence-corrected chi connectivity index (χ0v) is 14.3. The molecule has 0 aromatic heterocycles. The second-order valence-electron chi connectivity index (χ2n) is 5.86. The predicted octanol–water partition coefficient (Wildman–Crippen LogP) is 2.43. The summed E-state index contributed by atoms with van der Waals surface area (Å²) in [4.78, 5) is 23.5. The van der Waals surface area contributed by atoms with Gasteiger partial charge in [-0.25, -0.2) is 0 Å². The highest BCUT2D eigenvalue weighted by atomic mass is 19.4. The van der Waals surface area contributed by atoms with Crippen LogP contribution in [0.2, 0.25) is 0 Å². The normalized spacial score (nSPS) is 12.4. The number of amides is 2. The third-order valence-corrected chi connectivity index (χ3v) is 3.77. The van der Waals surface area contributed by atoms with Gasteiger partial charge in [-0.2, -0.15) is 13.2 Å². The molecule has 144 valence electrons. The molecule has 0 bridgehead atoms. The summed E-state index contributed by atoms with van der Waals surface area (Å²) in [6, 6.07) is 12.7. The summed E-state index contributed by atoms with van der Waals surface area (Å²) in [5, 5.41) is 2.32. The van der Waals surface area contributed by atoms with Gasteiger partial charge in [-0.05, 0) is 17.2 Å². The van der Waals surface area contributed by atoms with Gasteiger partial charge in [0.1, 0.15) is 12.6 Å². The molecule has 1 atom stereocenters. The number of primary amides is 1. The Morgan fingerprint density at radius 1 is 1.04 bits per heavy atom. The average Bonchev–Trinajstić information content (AvgIpc) is 2.61. The number of ether oxygens (including phenoxy) is 1.